The predicted octanol–water partition coefficient (Wildman–Crippen LogP) is -0.683. The lowest BCUT2D eigenvalue weighted by molar-refractivity contribution is 0.0462. The zero-order valence-electron chi connectivity index (χ0n) is 11.2. The number of imidazole rings is 1. The molecule has 1 saturated heterocycles. The number of aromatic nitrogens is 2. The highest BCUT2D eigenvalue weighted by molar-refractivity contribution is 7.89. The fourth-order valence-electron chi connectivity index (χ4n) is 2.19. The van der Waals surface area contributed by atoms with Crippen LogP contribution in [0.5, 0.6) is 0 Å². The molecule has 1 aliphatic rings. The van der Waals surface area contributed by atoms with Gasteiger partial charge in [0.1, 0.15) is 5.82 Å². The van der Waals surface area contributed by atoms with Gasteiger partial charge in [-0.3, -0.25) is 0 Å². The maximum absolute atomic E-state index is 12.3. The van der Waals surface area contributed by atoms with E-state index in [2.05, 4.69) is 15.3 Å². The molecule has 0 radical (unpaired) electrons. The van der Waals surface area contributed by atoms with Crippen molar-refractivity contribution in [2.24, 2.45) is 0 Å². The zero-order chi connectivity index (χ0) is 14.1. The van der Waals surface area contributed by atoms with Crippen molar-refractivity contribution >= 4 is 10.0 Å². The average Bonchev–Trinajstić information content (AvgIpc) is 2.97. The third-order valence-corrected chi connectivity index (χ3v) is 5.08. The number of aryl methyl sites for hydroxylation is 1. The highest BCUT2D eigenvalue weighted by Crippen LogP contribution is 2.19. The molecular weight excluding hydrogens is 268 g/mol. The van der Waals surface area contributed by atoms with E-state index in [1.54, 1.807) is 0 Å². The van der Waals surface area contributed by atoms with Gasteiger partial charge in [0.2, 0.25) is 0 Å². The average molecular weight is 288 g/mol. The number of sulfonamides is 1. The molecule has 1 unspecified atom stereocenters. The number of nitrogens with one attached hydrogen (secondary N) is 2. The summed E-state index contributed by atoms with van der Waals surface area (Å²) in [5, 5.41) is 13.3. The number of aliphatic hydroxyl groups is 1. The minimum Gasteiger partial charge on any atom is -0.387 e. The molecule has 1 fully saturated rings. The van der Waals surface area contributed by atoms with Crippen LogP contribution in [0.2, 0.25) is 0 Å². The molecule has 108 valence electrons. The summed E-state index contributed by atoms with van der Waals surface area (Å²) in [6.45, 7) is 3.08. The SMILES string of the molecule is CCc1ncc(S(=O)(=O)N(C)CC2(O)CCNC2)[nH]1. The molecule has 0 bridgehead atoms. The first-order chi connectivity index (χ1) is 8.87. The largest absolute Gasteiger partial charge is 0.387 e. The molecule has 0 aliphatic carbocycles. The molecule has 0 amide bonds. The van der Waals surface area contributed by atoms with Gasteiger partial charge in [-0.2, -0.15) is 4.31 Å². The molecule has 2 rings (SSSR count). The smallest absolute Gasteiger partial charge is 0.259 e. The number of hydrogen-bond acceptors (Lipinski definition) is 5. The molecule has 3 N–H and O–H groups in total. The number of H-pyrrole nitrogens is 1. The summed E-state index contributed by atoms with van der Waals surface area (Å²) in [6.07, 6.45) is 2.52. The molecule has 1 aliphatic heterocycles. The predicted molar refractivity (Wildman–Crippen MR) is 70.2 cm³/mol. The summed E-state index contributed by atoms with van der Waals surface area (Å²) in [6, 6.07) is 0. The quantitative estimate of drug-likeness (QED) is 0.666. The number of likely N-dealkylation sites (N-methyl/N-ethyl adjacent to an activating group) is 1. The van der Waals surface area contributed by atoms with Gasteiger partial charge < -0.3 is 15.4 Å². The molecular formula is C11H20N4O3S. The number of nitrogens with zero attached hydrogens (tertiary/aromatic N) is 2. The van der Waals surface area contributed by atoms with Crippen LogP contribution in [0.15, 0.2) is 11.2 Å². The zero-order valence-corrected chi connectivity index (χ0v) is 12.0. The Hall–Kier alpha value is -0.960. The summed E-state index contributed by atoms with van der Waals surface area (Å²) in [7, 11) is -2.16. The van der Waals surface area contributed by atoms with Gasteiger partial charge in [0.25, 0.3) is 10.0 Å². The van der Waals surface area contributed by atoms with Crippen LogP contribution in [0.1, 0.15) is 19.2 Å². The number of hydrogen-bond donors (Lipinski definition) is 3. The Morgan fingerprint density at radius 2 is 2.32 bits per heavy atom. The second-order valence-electron chi connectivity index (χ2n) is 4.96. The maximum Gasteiger partial charge on any atom is 0.259 e. The summed E-state index contributed by atoms with van der Waals surface area (Å²) in [5.41, 5.74) is -0.991. The number of aromatic amines is 1. The summed E-state index contributed by atoms with van der Waals surface area (Å²) < 4.78 is 25.8. The Kier molecular flexibility index (Phi) is 3.95. The molecule has 7 nitrogen and oxygen atoms in total. The summed E-state index contributed by atoms with van der Waals surface area (Å²) in [4.78, 5) is 6.78. The Bertz CT molecular complexity index is 534. The second kappa shape index (κ2) is 5.20. The summed E-state index contributed by atoms with van der Waals surface area (Å²) in [5.74, 6) is 0.633. The van der Waals surface area contributed by atoms with Crippen LogP contribution in [-0.2, 0) is 16.4 Å². The maximum atomic E-state index is 12.3. The first-order valence-electron chi connectivity index (χ1n) is 6.31. The van der Waals surface area contributed by atoms with Crippen LogP contribution in [0.3, 0.4) is 0 Å². The second-order valence-corrected chi connectivity index (χ2v) is 6.97. The van der Waals surface area contributed by atoms with Gasteiger partial charge in [-0.05, 0) is 13.0 Å². The van der Waals surface area contributed by atoms with E-state index in [1.807, 2.05) is 6.92 Å². The van der Waals surface area contributed by atoms with E-state index in [1.165, 1.54) is 17.5 Å². The van der Waals surface area contributed by atoms with Crippen molar-refractivity contribution in [1.82, 2.24) is 19.6 Å². The minimum atomic E-state index is -3.63. The van der Waals surface area contributed by atoms with Gasteiger partial charge in [-0.25, -0.2) is 13.4 Å². The van der Waals surface area contributed by atoms with Crippen molar-refractivity contribution < 1.29 is 13.5 Å². The standard InChI is InChI=1S/C11H20N4O3S/c1-3-9-13-6-10(14-9)19(17,18)15(2)8-11(16)4-5-12-7-11/h6,12,16H,3-5,7-8H2,1-2H3,(H,13,14). The van der Waals surface area contributed by atoms with Crippen LogP contribution in [-0.4, -0.2) is 60.1 Å². The van der Waals surface area contributed by atoms with Crippen LogP contribution in [0, 0.1) is 0 Å². The van der Waals surface area contributed by atoms with Crippen molar-refractivity contribution in [3.63, 3.8) is 0 Å². The summed E-state index contributed by atoms with van der Waals surface area (Å²) >= 11 is 0. The van der Waals surface area contributed by atoms with Gasteiger partial charge in [0, 0.05) is 26.6 Å². The van der Waals surface area contributed by atoms with E-state index in [-0.39, 0.29) is 11.6 Å². The fraction of sp³-hybridized carbons (Fsp3) is 0.727. The van der Waals surface area contributed by atoms with Crippen molar-refractivity contribution in [3.05, 3.63) is 12.0 Å². The monoisotopic (exact) mass is 288 g/mol. The molecule has 0 aromatic carbocycles. The van der Waals surface area contributed by atoms with E-state index in [4.69, 9.17) is 0 Å². The lowest BCUT2D eigenvalue weighted by Gasteiger charge is -2.26. The molecule has 1 aromatic rings. The first kappa shape index (κ1) is 14.4. The van der Waals surface area contributed by atoms with E-state index in [0.717, 1.165) is 0 Å². The van der Waals surface area contributed by atoms with Gasteiger partial charge in [-0.1, -0.05) is 6.92 Å². The van der Waals surface area contributed by atoms with E-state index in [0.29, 0.717) is 31.8 Å². The van der Waals surface area contributed by atoms with Gasteiger partial charge in [0.15, 0.2) is 5.03 Å². The normalized spacial score (nSPS) is 24.2. The van der Waals surface area contributed by atoms with Crippen LogP contribution < -0.4 is 5.32 Å². The Morgan fingerprint density at radius 1 is 1.58 bits per heavy atom. The van der Waals surface area contributed by atoms with Crippen LogP contribution in [0.25, 0.3) is 0 Å². The Labute approximate surface area is 113 Å². The minimum absolute atomic E-state index is 0.0707. The molecule has 0 spiro atoms. The number of rotatable bonds is 5. The van der Waals surface area contributed by atoms with Gasteiger partial charge >= 0.3 is 0 Å². The lowest BCUT2D eigenvalue weighted by Crippen LogP contribution is -2.45. The lowest BCUT2D eigenvalue weighted by atomic mass is 10.0. The van der Waals surface area contributed by atoms with Crippen LogP contribution in [0.4, 0.5) is 0 Å². The highest BCUT2D eigenvalue weighted by Gasteiger charge is 2.36. The van der Waals surface area contributed by atoms with Crippen molar-refractivity contribution in [2.75, 3.05) is 26.7 Å². The molecule has 19 heavy (non-hydrogen) atoms. The Morgan fingerprint density at radius 3 is 2.84 bits per heavy atom. The molecule has 1 aromatic heterocycles. The molecule has 0 saturated carbocycles. The topological polar surface area (TPSA) is 98.3 Å². The highest BCUT2D eigenvalue weighted by atomic mass is 32.2. The van der Waals surface area contributed by atoms with E-state index >= 15 is 0 Å². The fourth-order valence-corrected chi connectivity index (χ4v) is 3.37. The first-order valence-corrected chi connectivity index (χ1v) is 7.75. The number of β-amino-alcohol motifs (C(OH)–C–C–N with tert-alkyl or cyclic N) is 1. The van der Waals surface area contributed by atoms with Crippen molar-refractivity contribution in [1.29, 1.82) is 0 Å². The molecule has 2 heterocycles. The molecule has 1 atom stereocenters. The third kappa shape index (κ3) is 2.97. The Balaban J connectivity index is 2.14. The third-order valence-electron chi connectivity index (χ3n) is 3.37. The van der Waals surface area contributed by atoms with Gasteiger partial charge in [0.05, 0.1) is 11.8 Å². The van der Waals surface area contributed by atoms with E-state index in [9.17, 15) is 13.5 Å². The van der Waals surface area contributed by atoms with Crippen molar-refractivity contribution in [2.45, 2.75) is 30.4 Å². The molecule has 8 heteroatoms. The van der Waals surface area contributed by atoms with Crippen molar-refractivity contribution in [3.8, 4) is 0 Å². The van der Waals surface area contributed by atoms with E-state index < -0.39 is 15.6 Å². The van der Waals surface area contributed by atoms with Gasteiger partial charge in [-0.15, -0.1) is 0 Å². The van der Waals surface area contributed by atoms with Crippen LogP contribution >= 0.6 is 0 Å².